The van der Waals surface area contributed by atoms with Gasteiger partial charge < -0.3 is 9.84 Å². The first-order chi connectivity index (χ1) is 9.22. The molecular formula is C14H12N2O3. The summed E-state index contributed by atoms with van der Waals surface area (Å²) in [5.41, 5.74) is 2.72. The van der Waals surface area contributed by atoms with E-state index in [4.69, 9.17) is 9.84 Å². The van der Waals surface area contributed by atoms with Gasteiger partial charge in [0.2, 0.25) is 0 Å². The highest BCUT2D eigenvalue weighted by atomic mass is 16.5. The van der Waals surface area contributed by atoms with Crippen LogP contribution < -0.4 is 4.74 Å². The van der Waals surface area contributed by atoms with Crippen LogP contribution in [0.15, 0.2) is 30.6 Å². The van der Waals surface area contributed by atoms with E-state index in [0.29, 0.717) is 5.75 Å². The number of carboxylic acids is 1. The molecule has 19 heavy (non-hydrogen) atoms. The highest BCUT2D eigenvalue weighted by Crippen LogP contribution is 2.27. The molecule has 1 heterocycles. The molecule has 5 nitrogen and oxygen atoms in total. The predicted molar refractivity (Wildman–Crippen MR) is 67.5 cm³/mol. The topological polar surface area (TPSA) is 72.3 Å². The molecular weight excluding hydrogens is 244 g/mol. The zero-order valence-corrected chi connectivity index (χ0v) is 10.2. The van der Waals surface area contributed by atoms with E-state index in [-0.39, 0.29) is 11.6 Å². The Bertz CT molecular complexity index is 623. The molecule has 0 aliphatic heterocycles. The summed E-state index contributed by atoms with van der Waals surface area (Å²) in [6, 6.07) is 6.10. The summed E-state index contributed by atoms with van der Waals surface area (Å²) in [5.74, 6) is -0.368. The van der Waals surface area contributed by atoms with Gasteiger partial charge in [-0.3, -0.25) is 0 Å². The molecule has 2 aromatic rings. The van der Waals surface area contributed by atoms with Crippen LogP contribution in [0.25, 0.3) is 0 Å². The summed E-state index contributed by atoms with van der Waals surface area (Å²) in [7, 11) is 0. The molecule has 0 saturated heterocycles. The minimum Gasteiger partial charge on any atom is -0.478 e. The van der Waals surface area contributed by atoms with Gasteiger partial charge in [-0.1, -0.05) is 6.07 Å². The third-order valence-electron chi connectivity index (χ3n) is 3.15. The molecule has 0 fully saturated rings. The molecule has 0 radical (unpaired) electrons. The Balaban J connectivity index is 1.79. The van der Waals surface area contributed by atoms with Crippen molar-refractivity contribution >= 4 is 5.97 Å². The van der Waals surface area contributed by atoms with Crippen molar-refractivity contribution < 1.29 is 14.6 Å². The quantitative estimate of drug-likeness (QED) is 0.913. The number of nitrogens with zero attached hydrogens (tertiary/aromatic N) is 2. The number of ether oxygens (including phenoxy) is 1. The molecule has 1 aromatic carbocycles. The van der Waals surface area contributed by atoms with Gasteiger partial charge in [0.15, 0.2) is 0 Å². The van der Waals surface area contributed by atoms with Gasteiger partial charge in [0.25, 0.3) is 0 Å². The number of hydrogen-bond donors (Lipinski definition) is 1. The molecule has 1 N–H and O–H groups in total. The standard InChI is InChI=1S/C14H12N2O3/c17-13(18)11-7-15-14(16-8-11)19-12-5-4-9-2-1-3-10(9)6-12/h4-8H,1-3H2,(H,17,18). The lowest BCUT2D eigenvalue weighted by molar-refractivity contribution is 0.0696. The fraction of sp³-hybridized carbons (Fsp3) is 0.214. The molecule has 3 rings (SSSR count). The lowest BCUT2D eigenvalue weighted by atomic mass is 10.1. The lowest BCUT2D eigenvalue weighted by Gasteiger charge is -2.06. The molecule has 1 aliphatic carbocycles. The number of carboxylic acid groups (broad SMARTS) is 1. The van der Waals surface area contributed by atoms with E-state index < -0.39 is 5.97 Å². The van der Waals surface area contributed by atoms with Crippen molar-refractivity contribution in [3.63, 3.8) is 0 Å². The van der Waals surface area contributed by atoms with Crippen LogP contribution in [-0.4, -0.2) is 21.0 Å². The fourth-order valence-corrected chi connectivity index (χ4v) is 2.20. The van der Waals surface area contributed by atoms with Crippen molar-refractivity contribution in [3.05, 3.63) is 47.3 Å². The Hall–Kier alpha value is -2.43. The Morgan fingerprint density at radius 1 is 1.16 bits per heavy atom. The first-order valence-corrected chi connectivity index (χ1v) is 6.07. The van der Waals surface area contributed by atoms with Crippen LogP contribution in [0.4, 0.5) is 0 Å². The Labute approximate surface area is 109 Å². The highest BCUT2D eigenvalue weighted by molar-refractivity contribution is 5.86. The Kier molecular flexibility index (Phi) is 2.87. The van der Waals surface area contributed by atoms with Gasteiger partial charge >= 0.3 is 12.0 Å². The molecule has 5 heteroatoms. The van der Waals surface area contributed by atoms with Crippen LogP contribution in [0.2, 0.25) is 0 Å². The van der Waals surface area contributed by atoms with Gasteiger partial charge in [0, 0.05) is 12.4 Å². The minimum absolute atomic E-state index is 0.0429. The number of fused-ring (bicyclic) bond motifs is 1. The molecule has 0 amide bonds. The van der Waals surface area contributed by atoms with Gasteiger partial charge in [0.1, 0.15) is 5.75 Å². The van der Waals surface area contributed by atoms with Gasteiger partial charge in [-0.2, -0.15) is 0 Å². The van der Waals surface area contributed by atoms with Gasteiger partial charge in [-0.05, 0) is 42.5 Å². The smallest absolute Gasteiger partial charge is 0.338 e. The van der Waals surface area contributed by atoms with Crippen LogP contribution in [0.3, 0.4) is 0 Å². The summed E-state index contributed by atoms with van der Waals surface area (Å²) >= 11 is 0. The summed E-state index contributed by atoms with van der Waals surface area (Å²) in [4.78, 5) is 18.4. The molecule has 1 aromatic heterocycles. The number of rotatable bonds is 3. The van der Waals surface area contributed by atoms with Crippen LogP contribution in [0.5, 0.6) is 11.8 Å². The van der Waals surface area contributed by atoms with Crippen LogP contribution in [-0.2, 0) is 12.8 Å². The summed E-state index contributed by atoms with van der Waals surface area (Å²) < 4.78 is 5.52. The van der Waals surface area contributed by atoms with Gasteiger partial charge in [0.05, 0.1) is 5.56 Å². The zero-order valence-electron chi connectivity index (χ0n) is 10.2. The Morgan fingerprint density at radius 3 is 2.63 bits per heavy atom. The lowest BCUT2D eigenvalue weighted by Crippen LogP contribution is -2.00. The SMILES string of the molecule is O=C(O)c1cnc(Oc2ccc3c(c2)CCC3)nc1. The number of aromatic nitrogens is 2. The van der Waals surface area contributed by atoms with Gasteiger partial charge in [-0.25, -0.2) is 14.8 Å². The molecule has 96 valence electrons. The first kappa shape index (κ1) is 11.6. The predicted octanol–water partition coefficient (Wildman–Crippen LogP) is 2.46. The molecule has 1 aliphatic rings. The van der Waals surface area contributed by atoms with E-state index in [1.54, 1.807) is 0 Å². The van der Waals surface area contributed by atoms with E-state index in [9.17, 15) is 4.79 Å². The number of hydrogen-bond acceptors (Lipinski definition) is 4. The zero-order chi connectivity index (χ0) is 13.2. The average molecular weight is 256 g/mol. The maximum Gasteiger partial charge on any atom is 0.338 e. The molecule has 0 spiro atoms. The van der Waals surface area contributed by atoms with E-state index in [1.165, 1.54) is 29.9 Å². The number of aryl methyl sites for hydroxylation is 2. The summed E-state index contributed by atoms with van der Waals surface area (Å²) in [6.07, 6.45) is 5.85. The van der Waals surface area contributed by atoms with E-state index in [0.717, 1.165) is 12.8 Å². The van der Waals surface area contributed by atoms with E-state index >= 15 is 0 Å². The fourth-order valence-electron chi connectivity index (χ4n) is 2.20. The number of carbonyl (C=O) groups is 1. The molecule has 0 unspecified atom stereocenters. The van der Waals surface area contributed by atoms with Crippen molar-refractivity contribution in [1.82, 2.24) is 9.97 Å². The largest absolute Gasteiger partial charge is 0.478 e. The second-order valence-electron chi connectivity index (χ2n) is 4.45. The summed E-state index contributed by atoms with van der Waals surface area (Å²) in [6.45, 7) is 0. The number of aromatic carboxylic acids is 1. The van der Waals surface area contributed by atoms with Crippen molar-refractivity contribution in [1.29, 1.82) is 0 Å². The molecule has 0 atom stereocenters. The maximum absolute atomic E-state index is 10.7. The maximum atomic E-state index is 10.7. The van der Waals surface area contributed by atoms with Crippen molar-refractivity contribution in [3.8, 4) is 11.8 Å². The second kappa shape index (κ2) is 4.68. The second-order valence-corrected chi connectivity index (χ2v) is 4.45. The van der Waals surface area contributed by atoms with Crippen LogP contribution in [0.1, 0.15) is 27.9 Å². The van der Waals surface area contributed by atoms with E-state index in [1.807, 2.05) is 12.1 Å². The Morgan fingerprint density at radius 2 is 1.89 bits per heavy atom. The third kappa shape index (κ3) is 2.40. The van der Waals surface area contributed by atoms with Crippen LogP contribution in [0, 0.1) is 0 Å². The van der Waals surface area contributed by atoms with E-state index in [2.05, 4.69) is 16.0 Å². The van der Waals surface area contributed by atoms with Crippen molar-refractivity contribution in [2.45, 2.75) is 19.3 Å². The average Bonchev–Trinajstić information content (AvgIpc) is 2.87. The third-order valence-corrected chi connectivity index (χ3v) is 3.15. The van der Waals surface area contributed by atoms with Gasteiger partial charge in [-0.15, -0.1) is 0 Å². The molecule has 0 saturated carbocycles. The first-order valence-electron chi connectivity index (χ1n) is 6.07. The highest BCUT2D eigenvalue weighted by Gasteiger charge is 2.12. The number of benzene rings is 1. The normalized spacial score (nSPS) is 13.1. The van der Waals surface area contributed by atoms with Crippen molar-refractivity contribution in [2.75, 3.05) is 0 Å². The monoisotopic (exact) mass is 256 g/mol. The van der Waals surface area contributed by atoms with Crippen LogP contribution >= 0.6 is 0 Å². The minimum atomic E-state index is -1.05. The summed E-state index contributed by atoms with van der Waals surface area (Å²) in [5, 5.41) is 8.75. The molecule has 0 bridgehead atoms. The van der Waals surface area contributed by atoms with Crippen molar-refractivity contribution in [2.24, 2.45) is 0 Å².